The highest BCUT2D eigenvalue weighted by Crippen LogP contribution is 2.24. The lowest BCUT2D eigenvalue weighted by Crippen LogP contribution is -2.39. The van der Waals surface area contributed by atoms with Crippen molar-refractivity contribution in [2.45, 2.75) is 38.3 Å². The molecule has 1 amide bonds. The van der Waals surface area contributed by atoms with Gasteiger partial charge in [-0.3, -0.25) is 4.79 Å². The van der Waals surface area contributed by atoms with Crippen LogP contribution in [0.25, 0.3) is 0 Å². The lowest BCUT2D eigenvalue weighted by Gasteiger charge is -2.31. The molecule has 0 spiro atoms. The number of ether oxygens (including phenoxy) is 1. The van der Waals surface area contributed by atoms with Gasteiger partial charge in [0.2, 0.25) is 5.91 Å². The molecule has 5 nitrogen and oxygen atoms in total. The van der Waals surface area contributed by atoms with Crippen LogP contribution in [0.15, 0.2) is 24.3 Å². The summed E-state index contributed by atoms with van der Waals surface area (Å²) in [7, 11) is 0. The van der Waals surface area contributed by atoms with Crippen LogP contribution in [0.3, 0.4) is 0 Å². The number of benzene rings is 1. The predicted molar refractivity (Wildman–Crippen MR) is 91.3 cm³/mol. The fourth-order valence-corrected chi connectivity index (χ4v) is 3.57. The van der Waals surface area contributed by atoms with Crippen LogP contribution in [0.2, 0.25) is 0 Å². The molecule has 1 saturated heterocycles. The summed E-state index contributed by atoms with van der Waals surface area (Å²) in [4.78, 5) is 14.7. The third kappa shape index (κ3) is 4.24. The zero-order chi connectivity index (χ0) is 16.1. The number of anilines is 1. The topological polar surface area (TPSA) is 67.6 Å². The highest BCUT2D eigenvalue weighted by Gasteiger charge is 2.25. The molecule has 1 aromatic carbocycles. The highest BCUT2D eigenvalue weighted by atomic mass is 16.5. The molecule has 1 aliphatic heterocycles. The molecule has 2 fully saturated rings. The van der Waals surface area contributed by atoms with E-state index in [1.54, 1.807) is 0 Å². The van der Waals surface area contributed by atoms with E-state index in [-0.39, 0.29) is 17.9 Å². The predicted octanol–water partition coefficient (Wildman–Crippen LogP) is 1.66. The van der Waals surface area contributed by atoms with E-state index < -0.39 is 0 Å². The average molecular weight is 317 g/mol. The number of carbonyl (C=O) groups excluding carboxylic acids is 1. The molecule has 1 aliphatic carbocycles. The van der Waals surface area contributed by atoms with Crippen LogP contribution in [-0.2, 0) is 16.1 Å². The molecule has 2 aliphatic rings. The fraction of sp³-hybridized carbons (Fsp3) is 0.611. The maximum absolute atomic E-state index is 12.4. The molecule has 2 unspecified atom stereocenters. The van der Waals surface area contributed by atoms with Gasteiger partial charge in [-0.2, -0.15) is 0 Å². The first-order valence-electron chi connectivity index (χ1n) is 8.68. The van der Waals surface area contributed by atoms with Crippen molar-refractivity contribution in [3.05, 3.63) is 29.8 Å². The van der Waals surface area contributed by atoms with Gasteiger partial charge >= 0.3 is 0 Å². The normalized spacial score (nSPS) is 25.2. The molecule has 1 heterocycles. The third-order valence-corrected chi connectivity index (χ3v) is 4.88. The molecule has 3 N–H and O–H groups in total. The first kappa shape index (κ1) is 16.3. The van der Waals surface area contributed by atoms with Crippen molar-refractivity contribution >= 4 is 11.6 Å². The summed E-state index contributed by atoms with van der Waals surface area (Å²) in [5.74, 6) is 0.228. The van der Waals surface area contributed by atoms with E-state index in [0.717, 1.165) is 52.0 Å². The molecule has 0 radical (unpaired) electrons. The van der Waals surface area contributed by atoms with Gasteiger partial charge < -0.3 is 20.7 Å². The zero-order valence-electron chi connectivity index (χ0n) is 13.7. The largest absolute Gasteiger partial charge is 0.378 e. The van der Waals surface area contributed by atoms with Crippen molar-refractivity contribution in [2.75, 3.05) is 31.2 Å². The number of para-hydroxylation sites is 1. The Bertz CT molecular complexity index is 529. The quantitative estimate of drug-likeness (QED) is 0.886. The van der Waals surface area contributed by atoms with Gasteiger partial charge in [0.15, 0.2) is 0 Å². The van der Waals surface area contributed by atoms with Crippen LogP contribution >= 0.6 is 0 Å². The van der Waals surface area contributed by atoms with E-state index in [2.05, 4.69) is 28.4 Å². The average Bonchev–Trinajstić information content (AvgIpc) is 2.60. The van der Waals surface area contributed by atoms with Crippen LogP contribution in [0.5, 0.6) is 0 Å². The molecule has 1 saturated carbocycles. The van der Waals surface area contributed by atoms with Crippen LogP contribution < -0.4 is 16.0 Å². The van der Waals surface area contributed by atoms with Crippen LogP contribution in [-0.4, -0.2) is 38.3 Å². The lowest BCUT2D eigenvalue weighted by atomic mass is 9.85. The molecule has 126 valence electrons. The standard InChI is InChI=1S/C18H27N3O2/c19-16-6-3-5-14(12-16)18(22)20-13-15-4-1-2-7-17(15)21-8-10-23-11-9-21/h1-2,4,7,14,16H,3,5-6,8-13,19H2,(H,20,22). The number of nitrogens with two attached hydrogens (primary N) is 1. The van der Waals surface area contributed by atoms with Gasteiger partial charge in [-0.15, -0.1) is 0 Å². The number of morpholine rings is 1. The molecule has 5 heteroatoms. The van der Waals surface area contributed by atoms with Crippen LogP contribution in [0.4, 0.5) is 5.69 Å². The maximum Gasteiger partial charge on any atom is 0.223 e. The molecule has 2 atom stereocenters. The molecule has 0 bridgehead atoms. The highest BCUT2D eigenvalue weighted by molar-refractivity contribution is 5.79. The van der Waals surface area contributed by atoms with Crippen molar-refractivity contribution in [2.24, 2.45) is 11.7 Å². The summed E-state index contributed by atoms with van der Waals surface area (Å²) in [5, 5.41) is 3.12. The van der Waals surface area contributed by atoms with Crippen molar-refractivity contribution in [3.8, 4) is 0 Å². The second-order valence-corrected chi connectivity index (χ2v) is 6.57. The van der Waals surface area contributed by atoms with Gasteiger partial charge in [0, 0.05) is 37.3 Å². The number of hydrogen-bond donors (Lipinski definition) is 2. The number of carbonyl (C=O) groups is 1. The number of rotatable bonds is 4. The summed E-state index contributed by atoms with van der Waals surface area (Å²) in [6.45, 7) is 3.92. The molecule has 3 rings (SSSR count). The van der Waals surface area contributed by atoms with Gasteiger partial charge in [0.1, 0.15) is 0 Å². The van der Waals surface area contributed by atoms with E-state index in [1.807, 2.05) is 6.07 Å². The van der Waals surface area contributed by atoms with E-state index >= 15 is 0 Å². The summed E-state index contributed by atoms with van der Waals surface area (Å²) in [6, 6.07) is 8.49. The van der Waals surface area contributed by atoms with Gasteiger partial charge in [0.05, 0.1) is 13.2 Å². The van der Waals surface area contributed by atoms with Gasteiger partial charge in [-0.25, -0.2) is 0 Å². The smallest absolute Gasteiger partial charge is 0.223 e. The Hall–Kier alpha value is -1.59. The van der Waals surface area contributed by atoms with Crippen molar-refractivity contribution in [3.63, 3.8) is 0 Å². The Balaban J connectivity index is 1.60. The molecular weight excluding hydrogens is 290 g/mol. The summed E-state index contributed by atoms with van der Waals surface area (Å²) in [5.41, 5.74) is 8.37. The van der Waals surface area contributed by atoms with E-state index in [1.165, 1.54) is 11.3 Å². The Morgan fingerprint density at radius 1 is 1.26 bits per heavy atom. The summed E-state index contributed by atoms with van der Waals surface area (Å²) < 4.78 is 5.43. The Labute approximate surface area is 138 Å². The number of amides is 1. The number of nitrogens with one attached hydrogen (secondary N) is 1. The molecule has 23 heavy (non-hydrogen) atoms. The third-order valence-electron chi connectivity index (χ3n) is 4.88. The van der Waals surface area contributed by atoms with Gasteiger partial charge in [-0.05, 0) is 30.9 Å². The van der Waals surface area contributed by atoms with Gasteiger partial charge in [-0.1, -0.05) is 24.6 Å². The fourth-order valence-electron chi connectivity index (χ4n) is 3.57. The van der Waals surface area contributed by atoms with Crippen LogP contribution in [0, 0.1) is 5.92 Å². The molecule has 1 aromatic rings. The maximum atomic E-state index is 12.4. The molecule has 0 aromatic heterocycles. The monoisotopic (exact) mass is 317 g/mol. The Kier molecular flexibility index (Phi) is 5.51. The zero-order valence-corrected chi connectivity index (χ0v) is 13.7. The minimum Gasteiger partial charge on any atom is -0.378 e. The number of hydrogen-bond acceptors (Lipinski definition) is 4. The minimum absolute atomic E-state index is 0.0781. The van der Waals surface area contributed by atoms with Crippen molar-refractivity contribution < 1.29 is 9.53 Å². The Morgan fingerprint density at radius 2 is 2.04 bits per heavy atom. The second kappa shape index (κ2) is 7.79. The van der Waals surface area contributed by atoms with E-state index in [9.17, 15) is 4.79 Å². The molecular formula is C18H27N3O2. The van der Waals surface area contributed by atoms with Crippen molar-refractivity contribution in [1.82, 2.24) is 5.32 Å². The van der Waals surface area contributed by atoms with E-state index in [4.69, 9.17) is 10.5 Å². The SMILES string of the molecule is NC1CCCC(C(=O)NCc2ccccc2N2CCOCC2)C1. The first-order valence-corrected chi connectivity index (χ1v) is 8.68. The second-order valence-electron chi connectivity index (χ2n) is 6.57. The summed E-state index contributed by atoms with van der Waals surface area (Å²) in [6.07, 6.45) is 3.88. The lowest BCUT2D eigenvalue weighted by molar-refractivity contribution is -0.126. The minimum atomic E-state index is 0.0781. The first-order chi connectivity index (χ1) is 11.2. The summed E-state index contributed by atoms with van der Waals surface area (Å²) >= 11 is 0. The van der Waals surface area contributed by atoms with Gasteiger partial charge in [0.25, 0.3) is 0 Å². The van der Waals surface area contributed by atoms with Crippen molar-refractivity contribution in [1.29, 1.82) is 0 Å². The van der Waals surface area contributed by atoms with E-state index in [0.29, 0.717) is 6.54 Å². The Morgan fingerprint density at radius 3 is 2.83 bits per heavy atom. The van der Waals surface area contributed by atoms with Crippen LogP contribution in [0.1, 0.15) is 31.2 Å². The number of nitrogens with zero attached hydrogens (tertiary/aromatic N) is 1.